The second-order valence-electron chi connectivity index (χ2n) is 9.16. The molecular formula is C23H35F4NaO4. The van der Waals surface area contributed by atoms with E-state index in [1.165, 1.54) is 12.2 Å². The Morgan fingerprint density at radius 2 is 1.97 bits per heavy atom. The fourth-order valence-electron chi connectivity index (χ4n) is 4.72. The van der Waals surface area contributed by atoms with E-state index in [1.54, 1.807) is 19.1 Å². The number of aliphatic carboxylic acids is 1. The van der Waals surface area contributed by atoms with Crippen molar-refractivity contribution in [3.05, 3.63) is 24.3 Å². The summed E-state index contributed by atoms with van der Waals surface area (Å²) < 4.78 is 61.9. The number of hydrogen-bond acceptors (Lipinski definition) is 3. The normalized spacial score (nSPS) is 33.2. The summed E-state index contributed by atoms with van der Waals surface area (Å²) in [6.45, 7) is 4.74. The van der Waals surface area contributed by atoms with Gasteiger partial charge < -0.3 is 16.4 Å². The zero-order valence-corrected chi connectivity index (χ0v) is 21.3. The van der Waals surface area contributed by atoms with Crippen molar-refractivity contribution in [1.29, 1.82) is 0 Å². The summed E-state index contributed by atoms with van der Waals surface area (Å²) in [6, 6.07) is 0. The van der Waals surface area contributed by atoms with Crippen molar-refractivity contribution in [3.63, 3.8) is 0 Å². The van der Waals surface area contributed by atoms with Crippen LogP contribution < -0.4 is 29.6 Å². The van der Waals surface area contributed by atoms with E-state index in [4.69, 9.17) is 9.84 Å². The number of carboxylic acid groups (broad SMARTS) is 1. The zero-order chi connectivity index (χ0) is 23.4. The largest absolute Gasteiger partial charge is 1.00 e. The topological polar surface area (TPSA) is 66.8 Å². The molecule has 0 spiro atoms. The van der Waals surface area contributed by atoms with E-state index in [-0.39, 0.29) is 68.2 Å². The number of fused-ring (bicyclic) bond motifs is 1. The minimum atomic E-state index is -4.55. The quantitative estimate of drug-likeness (QED) is 0.290. The Morgan fingerprint density at radius 3 is 2.53 bits per heavy atom. The van der Waals surface area contributed by atoms with Crippen LogP contribution in [0.5, 0.6) is 0 Å². The van der Waals surface area contributed by atoms with Crippen molar-refractivity contribution in [2.24, 2.45) is 23.2 Å². The second kappa shape index (κ2) is 12.3. The summed E-state index contributed by atoms with van der Waals surface area (Å²) in [5, 5.41) is 19.1. The Labute approximate surface area is 211 Å². The molecule has 3 unspecified atom stereocenters. The minimum absolute atomic E-state index is 0. The van der Waals surface area contributed by atoms with E-state index in [9.17, 15) is 23.1 Å². The Bertz CT molecular complexity index is 675. The standard InChI is InChI=1S/C23H34F4O4.Na.H/c1-4-5-12-22(3,23(25,26)27)18(28)11-10-15-14(2)13-17-20(15)21(24)16(31-17)8-6-7-9-19(29)30;;/h6,8,10-11,14-18,20-21,28H,4-5,7,9,12-13H2,1-3H3,(H,29,30);;/q;+1;-1/b8-6+,11-10+;;/t14-,15+,16?,17+,18-,20-,21?,22?;;/m1../s1. The van der Waals surface area contributed by atoms with Crippen LogP contribution in [0.25, 0.3) is 0 Å². The number of hydrogen-bond donors (Lipinski definition) is 2. The van der Waals surface area contributed by atoms with Gasteiger partial charge in [0.1, 0.15) is 12.3 Å². The molecule has 2 fully saturated rings. The molecule has 0 aromatic heterocycles. The first-order valence-corrected chi connectivity index (χ1v) is 11.0. The summed E-state index contributed by atoms with van der Waals surface area (Å²) in [6.07, 6.45) is -1.31. The number of aliphatic hydroxyl groups excluding tert-OH is 1. The average Bonchev–Trinajstić information content (AvgIpc) is 3.14. The number of aliphatic hydroxyl groups is 1. The number of unbranched alkanes of at least 4 members (excludes halogenated alkanes) is 1. The molecule has 4 nitrogen and oxygen atoms in total. The monoisotopic (exact) mass is 474 g/mol. The van der Waals surface area contributed by atoms with Crippen LogP contribution in [-0.4, -0.2) is 46.8 Å². The van der Waals surface area contributed by atoms with Crippen LogP contribution in [-0.2, 0) is 9.53 Å². The van der Waals surface area contributed by atoms with Gasteiger partial charge in [0.25, 0.3) is 0 Å². The number of halogens is 4. The molecule has 1 aliphatic heterocycles. The van der Waals surface area contributed by atoms with Crippen LogP contribution >= 0.6 is 0 Å². The molecule has 0 amide bonds. The first kappa shape index (κ1) is 29.6. The van der Waals surface area contributed by atoms with E-state index in [0.29, 0.717) is 19.3 Å². The summed E-state index contributed by atoms with van der Waals surface area (Å²) in [4.78, 5) is 10.6. The Balaban J connectivity index is 0.00000512. The van der Waals surface area contributed by atoms with Gasteiger partial charge >= 0.3 is 41.7 Å². The van der Waals surface area contributed by atoms with Crippen LogP contribution in [0.15, 0.2) is 24.3 Å². The van der Waals surface area contributed by atoms with Gasteiger partial charge in [-0.15, -0.1) is 0 Å². The molecular weight excluding hydrogens is 439 g/mol. The molecule has 180 valence electrons. The summed E-state index contributed by atoms with van der Waals surface area (Å²) >= 11 is 0. The van der Waals surface area contributed by atoms with Crippen LogP contribution in [0.2, 0.25) is 0 Å². The number of carbonyl (C=O) groups is 1. The van der Waals surface area contributed by atoms with Crippen LogP contribution in [0.3, 0.4) is 0 Å². The minimum Gasteiger partial charge on any atom is -1.00 e. The molecule has 0 radical (unpaired) electrons. The molecule has 0 aromatic carbocycles. The molecule has 9 heteroatoms. The van der Waals surface area contributed by atoms with Gasteiger partial charge in [-0.05, 0) is 38.0 Å². The molecule has 1 heterocycles. The second-order valence-corrected chi connectivity index (χ2v) is 9.16. The molecule has 1 saturated heterocycles. The maximum atomic E-state index is 15.1. The van der Waals surface area contributed by atoms with Gasteiger partial charge in [0.2, 0.25) is 0 Å². The van der Waals surface area contributed by atoms with Gasteiger partial charge in [0.15, 0.2) is 0 Å². The van der Waals surface area contributed by atoms with Gasteiger partial charge in [-0.1, -0.05) is 51.0 Å². The van der Waals surface area contributed by atoms with Crippen LogP contribution in [0, 0.1) is 23.2 Å². The fraction of sp³-hybridized carbons (Fsp3) is 0.783. The van der Waals surface area contributed by atoms with E-state index >= 15 is 4.39 Å². The third-order valence-corrected chi connectivity index (χ3v) is 6.86. The number of ether oxygens (including phenoxy) is 1. The Hall–Kier alpha value is -0.410. The van der Waals surface area contributed by atoms with Gasteiger partial charge in [-0.25, -0.2) is 4.39 Å². The fourth-order valence-corrected chi connectivity index (χ4v) is 4.72. The smallest absolute Gasteiger partial charge is 1.00 e. The third kappa shape index (κ3) is 6.81. The molecule has 32 heavy (non-hydrogen) atoms. The van der Waals surface area contributed by atoms with Gasteiger partial charge in [-0.2, -0.15) is 13.2 Å². The van der Waals surface area contributed by atoms with Gasteiger partial charge in [-0.3, -0.25) is 4.79 Å². The number of rotatable bonds is 10. The van der Waals surface area contributed by atoms with Crippen molar-refractivity contribution in [3.8, 4) is 0 Å². The maximum absolute atomic E-state index is 15.1. The predicted octanol–water partition coefficient (Wildman–Crippen LogP) is 2.58. The van der Waals surface area contributed by atoms with E-state index < -0.39 is 41.9 Å². The third-order valence-electron chi connectivity index (χ3n) is 6.86. The van der Waals surface area contributed by atoms with Crippen molar-refractivity contribution >= 4 is 5.97 Å². The van der Waals surface area contributed by atoms with Crippen molar-refractivity contribution in [1.82, 2.24) is 0 Å². The predicted molar refractivity (Wildman–Crippen MR) is 110 cm³/mol. The first-order valence-electron chi connectivity index (χ1n) is 11.0. The molecule has 8 atom stereocenters. The van der Waals surface area contributed by atoms with E-state index in [2.05, 4.69) is 0 Å². The molecule has 2 N–H and O–H groups in total. The summed E-state index contributed by atoms with van der Waals surface area (Å²) in [5.41, 5.74) is -2.25. The van der Waals surface area contributed by atoms with Gasteiger partial charge in [0.05, 0.1) is 17.6 Å². The van der Waals surface area contributed by atoms with Crippen LogP contribution in [0.1, 0.15) is 60.7 Å². The maximum Gasteiger partial charge on any atom is 1.00 e. The zero-order valence-electron chi connectivity index (χ0n) is 20.3. The molecule has 1 aliphatic carbocycles. The van der Waals surface area contributed by atoms with E-state index in [0.717, 1.165) is 6.92 Å². The van der Waals surface area contributed by atoms with Crippen molar-refractivity contribution in [2.45, 2.75) is 90.0 Å². The SMILES string of the molecule is CCCCC(C)([C@H](O)/C=C/[C@@H]1[C@H]2C(F)C(/C=C/CCC(=O)O)O[C@H]2C[C@H]1C)C(F)(F)F.[H-].[Na+]. The van der Waals surface area contributed by atoms with E-state index in [1.807, 2.05) is 6.92 Å². The Morgan fingerprint density at radius 1 is 1.31 bits per heavy atom. The van der Waals surface area contributed by atoms with Crippen LogP contribution in [0.4, 0.5) is 17.6 Å². The molecule has 0 bridgehead atoms. The summed E-state index contributed by atoms with van der Waals surface area (Å²) in [7, 11) is 0. The van der Waals surface area contributed by atoms with Crippen molar-refractivity contribution in [2.75, 3.05) is 0 Å². The number of allylic oxidation sites excluding steroid dienone is 2. The summed E-state index contributed by atoms with van der Waals surface area (Å²) in [5.74, 6) is -1.76. The molecule has 2 rings (SSSR count). The molecule has 2 aliphatic rings. The van der Waals surface area contributed by atoms with Gasteiger partial charge in [0, 0.05) is 12.3 Å². The Kier molecular flexibility index (Phi) is 11.4. The average molecular weight is 475 g/mol. The molecule has 0 aromatic rings. The number of alkyl halides is 4. The van der Waals surface area contributed by atoms with Crippen molar-refractivity contribution < 1.29 is 68.3 Å². The molecule has 1 saturated carbocycles. The first-order chi connectivity index (χ1) is 14.4. The number of carboxylic acids is 1.